The van der Waals surface area contributed by atoms with Gasteiger partial charge in [-0.05, 0) is 37.8 Å². The largest absolute Gasteiger partial charge is 0.340 e. The third-order valence-electron chi connectivity index (χ3n) is 5.82. The summed E-state index contributed by atoms with van der Waals surface area (Å²) in [5.74, 6) is 0.565. The molecular weight excluding hydrogens is 364 g/mol. The summed E-state index contributed by atoms with van der Waals surface area (Å²) >= 11 is 0. The summed E-state index contributed by atoms with van der Waals surface area (Å²) in [5.41, 5.74) is 6.48. The zero-order chi connectivity index (χ0) is 18.6. The molecule has 4 N–H and O–H groups in total. The minimum Gasteiger partial charge on any atom is -0.340 e. The molecule has 1 aromatic rings. The number of nitrogens with zero attached hydrogens (tertiary/aromatic N) is 1. The van der Waals surface area contributed by atoms with Crippen molar-refractivity contribution < 1.29 is 9.59 Å². The number of nitrogens with two attached hydrogens (primary N) is 1. The Balaban J connectivity index is 0.00000261. The topological polar surface area (TPSA) is 87.5 Å². The first kappa shape index (κ1) is 21.5. The van der Waals surface area contributed by atoms with Crippen molar-refractivity contribution in [1.29, 1.82) is 0 Å². The summed E-state index contributed by atoms with van der Waals surface area (Å²) in [7, 11) is 0. The maximum atomic E-state index is 13.4. The van der Waals surface area contributed by atoms with E-state index in [1.54, 1.807) is 0 Å². The number of nitrogens with one attached hydrogen (secondary N) is 2. The number of carbonyl (C=O) groups is 2. The molecule has 7 heteroatoms. The Morgan fingerprint density at radius 2 is 1.85 bits per heavy atom. The molecule has 3 amide bonds. The molecule has 6 nitrogen and oxygen atoms in total. The van der Waals surface area contributed by atoms with Crippen LogP contribution in [0.5, 0.6) is 0 Å². The van der Waals surface area contributed by atoms with Crippen LogP contribution in [0, 0.1) is 5.92 Å². The predicted molar refractivity (Wildman–Crippen MR) is 109 cm³/mol. The third-order valence-corrected chi connectivity index (χ3v) is 5.82. The molecule has 3 rings (SSSR count). The summed E-state index contributed by atoms with van der Waals surface area (Å²) < 4.78 is 0. The van der Waals surface area contributed by atoms with Crippen molar-refractivity contribution in [2.75, 3.05) is 26.2 Å². The molecule has 2 atom stereocenters. The van der Waals surface area contributed by atoms with Gasteiger partial charge in [-0.15, -0.1) is 12.4 Å². The van der Waals surface area contributed by atoms with Gasteiger partial charge in [-0.1, -0.05) is 43.2 Å². The molecule has 2 aliphatic rings. The number of amides is 3. The van der Waals surface area contributed by atoms with E-state index in [0.717, 1.165) is 12.8 Å². The molecular formula is C20H31ClN4O2. The Bertz CT molecular complexity index is 634. The number of likely N-dealkylation sites (tertiary alicyclic amines) is 1. The predicted octanol–water partition coefficient (Wildman–Crippen LogP) is 2.24. The molecule has 150 valence electrons. The number of carbonyl (C=O) groups excluding carboxylic acids is 2. The van der Waals surface area contributed by atoms with E-state index in [1.807, 2.05) is 30.0 Å². The lowest BCUT2D eigenvalue weighted by Gasteiger charge is -2.33. The fourth-order valence-electron chi connectivity index (χ4n) is 4.45. The molecule has 27 heavy (non-hydrogen) atoms. The van der Waals surface area contributed by atoms with Crippen molar-refractivity contribution in [2.24, 2.45) is 11.7 Å². The zero-order valence-electron chi connectivity index (χ0n) is 15.9. The van der Waals surface area contributed by atoms with E-state index in [0.29, 0.717) is 39.0 Å². The van der Waals surface area contributed by atoms with E-state index < -0.39 is 5.54 Å². The number of hydrogen-bond acceptors (Lipinski definition) is 3. The van der Waals surface area contributed by atoms with Crippen LogP contribution in [0.4, 0.5) is 4.79 Å². The van der Waals surface area contributed by atoms with Gasteiger partial charge < -0.3 is 21.3 Å². The van der Waals surface area contributed by atoms with Gasteiger partial charge in [0.1, 0.15) is 5.54 Å². The highest BCUT2D eigenvalue weighted by molar-refractivity contribution is 5.91. The number of rotatable bonds is 5. The number of halogens is 1. The molecule has 1 aromatic carbocycles. The first-order valence-electron chi connectivity index (χ1n) is 9.70. The molecule has 1 saturated heterocycles. The number of hydrogen-bond donors (Lipinski definition) is 3. The monoisotopic (exact) mass is 394 g/mol. The Labute approximate surface area is 167 Å². The van der Waals surface area contributed by atoms with Crippen molar-refractivity contribution in [3.8, 4) is 0 Å². The lowest BCUT2D eigenvalue weighted by atomic mass is 9.89. The SMILES string of the molecule is CCNC(=O)NC1(C(=O)N2C[C@@H](CN)[C@H](c3ccccc3)C2)CCCC1.Cl. The highest BCUT2D eigenvalue weighted by Gasteiger charge is 2.47. The molecule has 0 aromatic heterocycles. The molecule has 0 bridgehead atoms. The molecule has 1 aliphatic heterocycles. The fraction of sp³-hybridized carbons (Fsp3) is 0.600. The molecule has 1 saturated carbocycles. The van der Waals surface area contributed by atoms with Gasteiger partial charge in [0.15, 0.2) is 0 Å². The van der Waals surface area contributed by atoms with Gasteiger partial charge in [-0.3, -0.25) is 4.79 Å². The zero-order valence-corrected chi connectivity index (χ0v) is 16.8. The third kappa shape index (κ3) is 4.55. The molecule has 0 unspecified atom stereocenters. The van der Waals surface area contributed by atoms with Crippen LogP contribution in [0.1, 0.15) is 44.1 Å². The van der Waals surface area contributed by atoms with E-state index >= 15 is 0 Å². The van der Waals surface area contributed by atoms with Crippen LogP contribution in [-0.4, -0.2) is 48.6 Å². The number of urea groups is 1. The van der Waals surface area contributed by atoms with Gasteiger partial charge in [-0.2, -0.15) is 0 Å². The standard InChI is InChI=1S/C20H30N4O2.ClH/c1-2-22-19(26)23-20(10-6-7-11-20)18(25)24-13-16(12-21)17(14-24)15-8-4-3-5-9-15;/h3-5,8-9,16-17H,2,6-7,10-14,21H2,1H3,(H2,22,23,26);1H/t16-,17+;/m1./s1. The van der Waals surface area contributed by atoms with Gasteiger partial charge in [0.05, 0.1) is 0 Å². The van der Waals surface area contributed by atoms with E-state index in [4.69, 9.17) is 5.73 Å². The molecule has 1 heterocycles. The highest BCUT2D eigenvalue weighted by Crippen LogP contribution is 2.37. The summed E-state index contributed by atoms with van der Waals surface area (Å²) in [5, 5.41) is 5.74. The van der Waals surface area contributed by atoms with Crippen LogP contribution in [0.15, 0.2) is 30.3 Å². The van der Waals surface area contributed by atoms with Crippen LogP contribution in [0.2, 0.25) is 0 Å². The number of benzene rings is 1. The normalized spacial score (nSPS) is 23.6. The summed E-state index contributed by atoms with van der Waals surface area (Å²) in [6.45, 7) is 4.31. The van der Waals surface area contributed by atoms with Crippen LogP contribution < -0.4 is 16.4 Å². The second-order valence-electron chi connectivity index (χ2n) is 7.50. The molecule has 0 spiro atoms. The maximum absolute atomic E-state index is 13.4. The van der Waals surface area contributed by atoms with E-state index in [9.17, 15) is 9.59 Å². The molecule has 0 radical (unpaired) electrons. The van der Waals surface area contributed by atoms with E-state index in [2.05, 4.69) is 22.8 Å². The first-order valence-corrected chi connectivity index (χ1v) is 9.70. The maximum Gasteiger partial charge on any atom is 0.315 e. The van der Waals surface area contributed by atoms with Gasteiger partial charge in [0.2, 0.25) is 5.91 Å². The average molecular weight is 395 g/mol. The van der Waals surface area contributed by atoms with Gasteiger partial charge in [0.25, 0.3) is 0 Å². The summed E-state index contributed by atoms with van der Waals surface area (Å²) in [6, 6.07) is 10.0. The van der Waals surface area contributed by atoms with Crippen LogP contribution >= 0.6 is 12.4 Å². The Kier molecular flexibility index (Phi) is 7.50. The highest BCUT2D eigenvalue weighted by atomic mass is 35.5. The minimum atomic E-state index is -0.760. The average Bonchev–Trinajstić information content (AvgIpc) is 3.29. The van der Waals surface area contributed by atoms with Crippen molar-refractivity contribution >= 4 is 24.3 Å². The second kappa shape index (κ2) is 9.42. The van der Waals surface area contributed by atoms with Gasteiger partial charge in [0, 0.05) is 25.6 Å². The van der Waals surface area contributed by atoms with Crippen molar-refractivity contribution in [1.82, 2.24) is 15.5 Å². The summed E-state index contributed by atoms with van der Waals surface area (Å²) in [4.78, 5) is 27.4. The Hall–Kier alpha value is -1.79. The van der Waals surface area contributed by atoms with E-state index in [-0.39, 0.29) is 36.2 Å². The minimum absolute atomic E-state index is 0. The van der Waals surface area contributed by atoms with Crippen LogP contribution in [0.3, 0.4) is 0 Å². The Morgan fingerprint density at radius 3 is 2.44 bits per heavy atom. The van der Waals surface area contributed by atoms with Gasteiger partial charge >= 0.3 is 6.03 Å². The quantitative estimate of drug-likeness (QED) is 0.715. The van der Waals surface area contributed by atoms with Crippen LogP contribution in [0.25, 0.3) is 0 Å². The van der Waals surface area contributed by atoms with Gasteiger partial charge in [-0.25, -0.2) is 4.79 Å². The molecule has 1 aliphatic carbocycles. The van der Waals surface area contributed by atoms with Crippen molar-refractivity contribution in [3.05, 3.63) is 35.9 Å². The Morgan fingerprint density at radius 1 is 1.19 bits per heavy atom. The van der Waals surface area contributed by atoms with Crippen molar-refractivity contribution in [2.45, 2.75) is 44.1 Å². The van der Waals surface area contributed by atoms with E-state index in [1.165, 1.54) is 5.56 Å². The lowest BCUT2D eigenvalue weighted by molar-refractivity contribution is -0.136. The lowest BCUT2D eigenvalue weighted by Crippen LogP contribution is -2.59. The summed E-state index contributed by atoms with van der Waals surface area (Å²) in [6.07, 6.45) is 3.36. The smallest absolute Gasteiger partial charge is 0.315 e. The fourth-order valence-corrected chi connectivity index (χ4v) is 4.45. The molecule has 2 fully saturated rings. The second-order valence-corrected chi connectivity index (χ2v) is 7.50. The first-order chi connectivity index (χ1) is 12.6. The van der Waals surface area contributed by atoms with Crippen LogP contribution in [-0.2, 0) is 4.79 Å². The van der Waals surface area contributed by atoms with Crippen molar-refractivity contribution in [3.63, 3.8) is 0 Å².